The highest BCUT2D eigenvalue weighted by Crippen LogP contribution is 2.46. The first-order valence-electron chi connectivity index (χ1n) is 9.93. The summed E-state index contributed by atoms with van der Waals surface area (Å²) in [7, 11) is 0. The lowest BCUT2D eigenvalue weighted by Crippen LogP contribution is -2.10. The van der Waals surface area contributed by atoms with Crippen LogP contribution >= 0.6 is 0 Å². The van der Waals surface area contributed by atoms with Crippen LogP contribution in [0.5, 0.6) is 0 Å². The third-order valence-electron chi connectivity index (χ3n) is 4.97. The van der Waals surface area contributed by atoms with Gasteiger partial charge in [-0.1, -0.05) is 24.3 Å². The lowest BCUT2D eigenvalue weighted by atomic mass is 9.89. The first-order valence-corrected chi connectivity index (χ1v) is 9.93. The van der Waals surface area contributed by atoms with Gasteiger partial charge >= 0.3 is 0 Å². The van der Waals surface area contributed by atoms with Crippen molar-refractivity contribution in [2.75, 3.05) is 13.2 Å². The predicted molar refractivity (Wildman–Crippen MR) is 115 cm³/mol. The quantitative estimate of drug-likeness (QED) is 0.359. The molecule has 1 aromatic heterocycles. The molecule has 0 aliphatic heterocycles. The SMILES string of the molecule is C=CCOCCc1c(CC=C)nc(-c2ccc(F)cc2)c(/C=C/C)c1C1CC1. The summed E-state index contributed by atoms with van der Waals surface area (Å²) in [6, 6.07) is 6.62. The van der Waals surface area contributed by atoms with Crippen LogP contribution in [0.3, 0.4) is 0 Å². The van der Waals surface area contributed by atoms with Crippen LogP contribution in [-0.2, 0) is 17.6 Å². The normalized spacial score (nSPS) is 13.8. The predicted octanol–water partition coefficient (Wildman–Crippen LogP) is 6.27. The van der Waals surface area contributed by atoms with E-state index in [9.17, 15) is 4.39 Å². The fourth-order valence-corrected chi connectivity index (χ4v) is 3.64. The van der Waals surface area contributed by atoms with Crippen LogP contribution in [0, 0.1) is 5.82 Å². The number of aromatic nitrogens is 1. The van der Waals surface area contributed by atoms with E-state index in [1.165, 1.54) is 36.1 Å². The summed E-state index contributed by atoms with van der Waals surface area (Å²) in [4.78, 5) is 5.03. The molecule has 0 atom stereocenters. The minimum atomic E-state index is -0.235. The van der Waals surface area contributed by atoms with Gasteiger partial charge in [0, 0.05) is 23.2 Å². The van der Waals surface area contributed by atoms with Gasteiger partial charge < -0.3 is 4.74 Å². The van der Waals surface area contributed by atoms with E-state index in [-0.39, 0.29) is 5.82 Å². The highest BCUT2D eigenvalue weighted by molar-refractivity contribution is 5.76. The Morgan fingerprint density at radius 3 is 2.54 bits per heavy atom. The highest BCUT2D eigenvalue weighted by atomic mass is 19.1. The first kappa shape index (κ1) is 20.2. The lowest BCUT2D eigenvalue weighted by molar-refractivity contribution is 0.165. The van der Waals surface area contributed by atoms with Gasteiger partial charge in [-0.3, -0.25) is 4.98 Å². The molecule has 3 rings (SSSR count). The summed E-state index contributed by atoms with van der Waals surface area (Å²) in [6.45, 7) is 10.9. The Morgan fingerprint density at radius 2 is 1.93 bits per heavy atom. The topological polar surface area (TPSA) is 22.1 Å². The van der Waals surface area contributed by atoms with Crippen LogP contribution in [0.15, 0.2) is 55.7 Å². The molecule has 3 heteroatoms. The van der Waals surface area contributed by atoms with Crippen molar-refractivity contribution in [3.63, 3.8) is 0 Å². The van der Waals surface area contributed by atoms with Crippen LogP contribution in [0.25, 0.3) is 17.3 Å². The number of benzene rings is 1. The summed E-state index contributed by atoms with van der Waals surface area (Å²) in [5.41, 5.74) is 6.73. The van der Waals surface area contributed by atoms with Crippen molar-refractivity contribution in [1.82, 2.24) is 4.98 Å². The summed E-state index contributed by atoms with van der Waals surface area (Å²) < 4.78 is 19.1. The zero-order valence-corrected chi connectivity index (χ0v) is 16.6. The van der Waals surface area contributed by atoms with Crippen LogP contribution in [0.2, 0.25) is 0 Å². The number of halogens is 1. The van der Waals surface area contributed by atoms with Gasteiger partial charge in [0.25, 0.3) is 0 Å². The second-order valence-corrected chi connectivity index (χ2v) is 7.10. The van der Waals surface area contributed by atoms with Gasteiger partial charge in [0.2, 0.25) is 0 Å². The molecule has 1 aliphatic rings. The van der Waals surface area contributed by atoms with Crippen molar-refractivity contribution in [1.29, 1.82) is 0 Å². The molecule has 0 bridgehead atoms. The molecule has 0 saturated heterocycles. The van der Waals surface area contributed by atoms with Crippen LogP contribution < -0.4 is 0 Å². The van der Waals surface area contributed by atoms with Gasteiger partial charge in [0.1, 0.15) is 5.82 Å². The Labute approximate surface area is 167 Å². The molecule has 1 heterocycles. The third-order valence-corrected chi connectivity index (χ3v) is 4.97. The van der Waals surface area contributed by atoms with Crippen LogP contribution in [-0.4, -0.2) is 18.2 Å². The molecule has 2 nitrogen and oxygen atoms in total. The van der Waals surface area contributed by atoms with Crippen molar-refractivity contribution in [2.24, 2.45) is 0 Å². The molecular formula is C25H28FNO. The molecule has 0 N–H and O–H groups in total. The molecule has 1 saturated carbocycles. The summed E-state index contributed by atoms with van der Waals surface area (Å²) in [6.07, 6.45) is 11.8. The van der Waals surface area contributed by atoms with E-state index >= 15 is 0 Å². The number of pyridine rings is 1. The maximum absolute atomic E-state index is 13.5. The van der Waals surface area contributed by atoms with Crippen molar-refractivity contribution in [3.05, 3.63) is 83.9 Å². The summed E-state index contributed by atoms with van der Waals surface area (Å²) in [5.74, 6) is 0.326. The average Bonchev–Trinajstić information content (AvgIpc) is 3.53. The Morgan fingerprint density at radius 1 is 1.18 bits per heavy atom. The number of hydrogen-bond acceptors (Lipinski definition) is 2. The average molecular weight is 378 g/mol. The fraction of sp³-hybridized carbons (Fsp3) is 0.320. The van der Waals surface area contributed by atoms with Crippen molar-refractivity contribution >= 4 is 6.08 Å². The number of rotatable bonds is 10. The van der Waals surface area contributed by atoms with E-state index < -0.39 is 0 Å². The van der Waals surface area contributed by atoms with Gasteiger partial charge in [-0.05, 0) is 67.5 Å². The second-order valence-electron chi connectivity index (χ2n) is 7.10. The molecule has 1 aliphatic carbocycles. The molecule has 2 aromatic rings. The zero-order valence-electron chi connectivity index (χ0n) is 16.6. The molecule has 0 amide bonds. The highest BCUT2D eigenvalue weighted by Gasteiger charge is 2.31. The van der Waals surface area contributed by atoms with Crippen molar-refractivity contribution in [3.8, 4) is 11.3 Å². The Hall–Kier alpha value is -2.52. The van der Waals surface area contributed by atoms with Crippen LogP contribution in [0.4, 0.5) is 4.39 Å². The van der Waals surface area contributed by atoms with Crippen molar-refractivity contribution < 1.29 is 9.13 Å². The Bertz CT molecular complexity index is 863. The maximum atomic E-state index is 13.5. The molecule has 0 unspecified atom stereocenters. The third kappa shape index (κ3) is 4.66. The van der Waals surface area contributed by atoms with Gasteiger partial charge in [-0.15, -0.1) is 13.2 Å². The second kappa shape index (κ2) is 9.61. The van der Waals surface area contributed by atoms with E-state index in [0.717, 1.165) is 28.9 Å². The molecule has 1 fully saturated rings. The van der Waals surface area contributed by atoms with E-state index in [4.69, 9.17) is 9.72 Å². The largest absolute Gasteiger partial charge is 0.377 e. The smallest absolute Gasteiger partial charge is 0.123 e. The maximum Gasteiger partial charge on any atom is 0.123 e. The Kier molecular flexibility index (Phi) is 6.94. The van der Waals surface area contributed by atoms with E-state index in [2.05, 4.69) is 25.3 Å². The molecular weight excluding hydrogens is 349 g/mol. The molecule has 28 heavy (non-hydrogen) atoms. The molecule has 146 valence electrons. The number of ether oxygens (including phenoxy) is 1. The lowest BCUT2D eigenvalue weighted by Gasteiger charge is -2.20. The monoisotopic (exact) mass is 377 g/mol. The van der Waals surface area contributed by atoms with Crippen molar-refractivity contribution in [2.45, 2.75) is 38.5 Å². The molecule has 1 aromatic carbocycles. The van der Waals surface area contributed by atoms with E-state index in [1.54, 1.807) is 6.08 Å². The van der Waals surface area contributed by atoms with Gasteiger partial charge in [0.15, 0.2) is 0 Å². The van der Waals surface area contributed by atoms with Gasteiger partial charge in [0.05, 0.1) is 18.9 Å². The number of allylic oxidation sites excluding steroid dienone is 2. The minimum absolute atomic E-state index is 0.235. The fourth-order valence-electron chi connectivity index (χ4n) is 3.64. The summed E-state index contributed by atoms with van der Waals surface area (Å²) in [5, 5.41) is 0. The zero-order chi connectivity index (χ0) is 19.9. The van der Waals surface area contributed by atoms with E-state index in [0.29, 0.717) is 25.6 Å². The standard InChI is InChI=1S/C25H28FNO/c1-4-7-22-24(18-9-10-18)21(15-17-28-16-6-3)23(8-5-2)27-25(22)19-11-13-20(26)14-12-19/h4-7,11-14,18H,2-3,8-10,15-17H2,1H3/b7-4+. The van der Waals surface area contributed by atoms with Gasteiger partial charge in [-0.2, -0.15) is 0 Å². The van der Waals surface area contributed by atoms with Crippen LogP contribution in [0.1, 0.15) is 48.1 Å². The van der Waals surface area contributed by atoms with E-state index in [1.807, 2.05) is 25.1 Å². The molecule has 0 spiro atoms. The minimum Gasteiger partial charge on any atom is -0.377 e. The number of nitrogens with zero attached hydrogens (tertiary/aromatic N) is 1. The molecule has 0 radical (unpaired) electrons. The van der Waals surface area contributed by atoms with Gasteiger partial charge in [-0.25, -0.2) is 4.39 Å². The Balaban J connectivity index is 2.15. The summed E-state index contributed by atoms with van der Waals surface area (Å²) >= 11 is 0. The first-order chi connectivity index (χ1) is 13.7. The number of hydrogen-bond donors (Lipinski definition) is 0.